The van der Waals surface area contributed by atoms with Gasteiger partial charge in [0.25, 0.3) is 0 Å². The highest BCUT2D eigenvalue weighted by atomic mass is 15.2. The van der Waals surface area contributed by atoms with E-state index in [1.165, 1.54) is 44.5 Å². The molecule has 2 atom stereocenters. The number of fused-ring (bicyclic) bond motifs is 1. The summed E-state index contributed by atoms with van der Waals surface area (Å²) in [5.41, 5.74) is 2.32. The van der Waals surface area contributed by atoms with E-state index in [2.05, 4.69) is 28.2 Å². The number of rotatable bonds is 2. The van der Waals surface area contributed by atoms with Crippen LogP contribution < -0.4 is 5.32 Å². The van der Waals surface area contributed by atoms with Crippen LogP contribution in [0.4, 0.5) is 5.69 Å². The minimum atomic E-state index is 0.636. The third kappa shape index (κ3) is 2.29. The van der Waals surface area contributed by atoms with Crippen LogP contribution in [0, 0.1) is 6.92 Å². The summed E-state index contributed by atoms with van der Waals surface area (Å²) < 4.78 is 0. The van der Waals surface area contributed by atoms with E-state index in [0.29, 0.717) is 6.04 Å². The Morgan fingerprint density at radius 2 is 2.29 bits per heavy atom. The zero-order valence-electron chi connectivity index (χ0n) is 10.5. The Balaban J connectivity index is 1.64. The number of aryl methyl sites for hydroxylation is 1. The van der Waals surface area contributed by atoms with E-state index in [0.717, 1.165) is 11.7 Å². The molecule has 0 saturated carbocycles. The van der Waals surface area contributed by atoms with Gasteiger partial charge in [-0.25, -0.2) is 0 Å². The molecule has 0 bridgehead atoms. The Hall–Kier alpha value is -1.09. The van der Waals surface area contributed by atoms with E-state index >= 15 is 0 Å². The number of hydrogen-bond acceptors (Lipinski definition) is 3. The van der Waals surface area contributed by atoms with Crippen LogP contribution in [0.25, 0.3) is 0 Å². The van der Waals surface area contributed by atoms with Crippen molar-refractivity contribution in [2.75, 3.05) is 18.4 Å². The fourth-order valence-corrected chi connectivity index (χ4v) is 3.21. The summed E-state index contributed by atoms with van der Waals surface area (Å²) in [4.78, 5) is 7.00. The molecule has 2 aliphatic rings. The molecule has 0 radical (unpaired) electrons. The molecule has 92 valence electrons. The van der Waals surface area contributed by atoms with Gasteiger partial charge in [-0.3, -0.25) is 4.98 Å². The fraction of sp³-hybridized carbons (Fsp3) is 0.643. The van der Waals surface area contributed by atoms with Crippen LogP contribution in [0.2, 0.25) is 0 Å². The number of pyridine rings is 1. The van der Waals surface area contributed by atoms with Gasteiger partial charge in [-0.15, -0.1) is 0 Å². The first-order valence-corrected chi connectivity index (χ1v) is 6.75. The van der Waals surface area contributed by atoms with Crippen molar-refractivity contribution in [3.05, 3.63) is 24.0 Å². The Labute approximate surface area is 103 Å². The maximum absolute atomic E-state index is 4.34. The Morgan fingerprint density at radius 3 is 3.18 bits per heavy atom. The lowest BCUT2D eigenvalue weighted by atomic mass is 9.97. The number of nitrogens with zero attached hydrogens (tertiary/aromatic N) is 2. The molecule has 0 aromatic carbocycles. The molecular weight excluding hydrogens is 210 g/mol. The second-order valence-corrected chi connectivity index (χ2v) is 5.33. The predicted octanol–water partition coefficient (Wildman–Crippen LogP) is 2.43. The van der Waals surface area contributed by atoms with Crippen LogP contribution in [0.15, 0.2) is 18.3 Å². The summed E-state index contributed by atoms with van der Waals surface area (Å²) >= 11 is 0. The van der Waals surface area contributed by atoms with Gasteiger partial charge in [0, 0.05) is 24.8 Å². The van der Waals surface area contributed by atoms with Gasteiger partial charge in [-0.2, -0.15) is 0 Å². The van der Waals surface area contributed by atoms with Gasteiger partial charge in [0.15, 0.2) is 0 Å². The van der Waals surface area contributed by atoms with Gasteiger partial charge < -0.3 is 10.2 Å². The molecule has 1 aromatic rings. The van der Waals surface area contributed by atoms with Crippen LogP contribution in [0.5, 0.6) is 0 Å². The molecule has 3 heterocycles. The highest BCUT2D eigenvalue weighted by molar-refractivity contribution is 5.47. The van der Waals surface area contributed by atoms with Gasteiger partial charge >= 0.3 is 0 Å². The number of aromatic nitrogens is 1. The van der Waals surface area contributed by atoms with Crippen LogP contribution in [-0.4, -0.2) is 35.1 Å². The van der Waals surface area contributed by atoms with Gasteiger partial charge in [0.1, 0.15) is 0 Å². The van der Waals surface area contributed by atoms with E-state index in [9.17, 15) is 0 Å². The molecule has 0 amide bonds. The van der Waals surface area contributed by atoms with Gasteiger partial charge in [-0.05, 0) is 51.3 Å². The van der Waals surface area contributed by atoms with Gasteiger partial charge in [-0.1, -0.05) is 0 Å². The zero-order valence-corrected chi connectivity index (χ0v) is 10.5. The molecule has 2 saturated heterocycles. The zero-order chi connectivity index (χ0) is 11.7. The second-order valence-electron chi connectivity index (χ2n) is 5.33. The first-order chi connectivity index (χ1) is 8.33. The van der Waals surface area contributed by atoms with Crippen molar-refractivity contribution in [1.82, 2.24) is 9.88 Å². The third-order valence-corrected chi connectivity index (χ3v) is 4.19. The molecular formula is C14H21N3. The van der Waals surface area contributed by atoms with Crippen LogP contribution in [0.1, 0.15) is 31.4 Å². The minimum absolute atomic E-state index is 0.636. The summed E-state index contributed by atoms with van der Waals surface area (Å²) in [6, 6.07) is 5.62. The third-order valence-electron chi connectivity index (χ3n) is 4.19. The Morgan fingerprint density at radius 1 is 1.35 bits per heavy atom. The predicted molar refractivity (Wildman–Crippen MR) is 70.2 cm³/mol. The van der Waals surface area contributed by atoms with E-state index in [1.54, 1.807) is 0 Å². The smallest absolute Gasteiger partial charge is 0.0603 e. The lowest BCUT2D eigenvalue weighted by Crippen LogP contribution is -2.42. The maximum atomic E-state index is 4.34. The lowest BCUT2D eigenvalue weighted by Gasteiger charge is -2.35. The van der Waals surface area contributed by atoms with Crippen molar-refractivity contribution in [3.8, 4) is 0 Å². The molecule has 1 N–H and O–H groups in total. The maximum Gasteiger partial charge on any atom is 0.0603 e. The number of hydrogen-bond donors (Lipinski definition) is 1. The van der Waals surface area contributed by atoms with Gasteiger partial charge in [0.05, 0.1) is 11.4 Å². The minimum Gasteiger partial charge on any atom is -0.381 e. The normalized spacial score (nSPS) is 29.0. The molecule has 2 unspecified atom stereocenters. The van der Waals surface area contributed by atoms with E-state index < -0.39 is 0 Å². The van der Waals surface area contributed by atoms with E-state index in [1.807, 2.05) is 12.3 Å². The molecule has 2 aliphatic heterocycles. The van der Waals surface area contributed by atoms with E-state index in [-0.39, 0.29) is 0 Å². The van der Waals surface area contributed by atoms with Crippen LogP contribution >= 0.6 is 0 Å². The van der Waals surface area contributed by atoms with Gasteiger partial charge in [0.2, 0.25) is 0 Å². The topological polar surface area (TPSA) is 28.2 Å². The largest absolute Gasteiger partial charge is 0.381 e. The van der Waals surface area contributed by atoms with E-state index in [4.69, 9.17) is 0 Å². The highest BCUT2D eigenvalue weighted by Gasteiger charge is 2.31. The van der Waals surface area contributed by atoms with Crippen molar-refractivity contribution < 1.29 is 0 Å². The Kier molecular flexibility index (Phi) is 3.02. The average molecular weight is 231 g/mol. The molecule has 2 fully saturated rings. The molecule has 1 aromatic heterocycles. The molecule has 17 heavy (non-hydrogen) atoms. The summed E-state index contributed by atoms with van der Waals surface area (Å²) in [6.45, 7) is 4.66. The summed E-state index contributed by atoms with van der Waals surface area (Å²) in [6.07, 6.45) is 7.22. The molecule has 0 spiro atoms. The first kappa shape index (κ1) is 11.0. The number of nitrogens with one attached hydrogen (secondary N) is 1. The van der Waals surface area contributed by atoms with Crippen molar-refractivity contribution >= 4 is 5.69 Å². The second kappa shape index (κ2) is 4.65. The van der Waals surface area contributed by atoms with Crippen LogP contribution in [0.3, 0.4) is 0 Å². The highest BCUT2D eigenvalue weighted by Crippen LogP contribution is 2.28. The summed E-state index contributed by atoms with van der Waals surface area (Å²) in [7, 11) is 0. The average Bonchev–Trinajstić information content (AvgIpc) is 2.79. The standard InChI is InChI=1S/C14H21N3/c1-11-14(5-2-7-15-11)16-12-6-9-17-8-3-4-13(17)10-12/h2,5,7,12-13,16H,3-4,6,8-10H2,1H3. The number of piperidine rings is 1. The fourth-order valence-electron chi connectivity index (χ4n) is 3.21. The summed E-state index contributed by atoms with van der Waals surface area (Å²) in [5, 5.41) is 3.67. The molecule has 3 heteroatoms. The quantitative estimate of drug-likeness (QED) is 0.847. The summed E-state index contributed by atoms with van der Waals surface area (Å²) in [5.74, 6) is 0. The van der Waals surface area contributed by atoms with Crippen molar-refractivity contribution in [2.45, 2.75) is 44.7 Å². The molecule has 3 rings (SSSR count). The first-order valence-electron chi connectivity index (χ1n) is 6.75. The molecule has 0 aliphatic carbocycles. The van der Waals surface area contributed by atoms with Crippen molar-refractivity contribution in [2.24, 2.45) is 0 Å². The van der Waals surface area contributed by atoms with Crippen molar-refractivity contribution in [1.29, 1.82) is 0 Å². The molecule has 3 nitrogen and oxygen atoms in total. The van der Waals surface area contributed by atoms with Crippen molar-refractivity contribution in [3.63, 3.8) is 0 Å². The number of anilines is 1. The Bertz CT molecular complexity index is 391. The SMILES string of the molecule is Cc1ncccc1NC1CCN2CCCC2C1. The monoisotopic (exact) mass is 231 g/mol. The lowest BCUT2D eigenvalue weighted by molar-refractivity contribution is 0.188. The van der Waals surface area contributed by atoms with Crippen LogP contribution in [-0.2, 0) is 0 Å².